The van der Waals surface area contributed by atoms with E-state index in [2.05, 4.69) is 11.9 Å². The van der Waals surface area contributed by atoms with Crippen LogP contribution in [0, 0.1) is 0 Å². The summed E-state index contributed by atoms with van der Waals surface area (Å²) in [5.41, 5.74) is 0. The molecule has 0 aromatic carbocycles. The van der Waals surface area contributed by atoms with E-state index in [0.717, 1.165) is 12.6 Å². The molecule has 2 nitrogen and oxygen atoms in total. The van der Waals surface area contributed by atoms with Gasteiger partial charge in [-0.2, -0.15) is 0 Å². The van der Waals surface area contributed by atoms with Gasteiger partial charge in [0.1, 0.15) is 0 Å². The number of rotatable bonds is 4. The summed E-state index contributed by atoms with van der Waals surface area (Å²) in [6.45, 7) is 0.875. The summed E-state index contributed by atoms with van der Waals surface area (Å²) in [6.07, 6.45) is 7.62. The van der Waals surface area contributed by atoms with Crippen LogP contribution in [0.15, 0.2) is 12.2 Å². The van der Waals surface area contributed by atoms with Crippen molar-refractivity contribution in [2.75, 3.05) is 13.6 Å². The largest absolute Gasteiger partial charge is 0.300 e. The van der Waals surface area contributed by atoms with E-state index in [1.807, 2.05) is 6.08 Å². The third-order valence-corrected chi connectivity index (χ3v) is 1.75. The van der Waals surface area contributed by atoms with Gasteiger partial charge in [0.05, 0.1) is 0 Å². The lowest BCUT2D eigenvalue weighted by atomic mass is 10.4. The first-order valence-corrected chi connectivity index (χ1v) is 3.57. The number of hydrogen-bond acceptors (Lipinski definition) is 2. The molecule has 1 radical (unpaired) electrons. The summed E-state index contributed by atoms with van der Waals surface area (Å²) in [4.78, 5) is 12.0. The smallest absolute Gasteiger partial charge is 0.225 e. The molecule has 0 spiro atoms. The SMILES string of the molecule is CN(C/C=C/[C]=O)C1CC1. The first-order chi connectivity index (χ1) is 4.84. The van der Waals surface area contributed by atoms with E-state index in [4.69, 9.17) is 0 Å². The first kappa shape index (κ1) is 7.48. The monoisotopic (exact) mass is 138 g/mol. The van der Waals surface area contributed by atoms with E-state index >= 15 is 0 Å². The molecule has 1 rings (SSSR count). The molecule has 0 aliphatic heterocycles. The van der Waals surface area contributed by atoms with E-state index in [-0.39, 0.29) is 0 Å². The second-order valence-corrected chi connectivity index (χ2v) is 2.69. The van der Waals surface area contributed by atoms with Crippen LogP contribution in [0.4, 0.5) is 0 Å². The van der Waals surface area contributed by atoms with Crippen molar-refractivity contribution in [2.45, 2.75) is 18.9 Å². The van der Waals surface area contributed by atoms with Gasteiger partial charge in [-0.3, -0.25) is 9.69 Å². The lowest BCUT2D eigenvalue weighted by Crippen LogP contribution is -2.20. The summed E-state index contributed by atoms with van der Waals surface area (Å²) in [7, 11) is 2.08. The molecule has 1 saturated carbocycles. The van der Waals surface area contributed by atoms with Crippen LogP contribution in [0.1, 0.15) is 12.8 Å². The predicted octanol–water partition coefficient (Wildman–Crippen LogP) is 0.746. The van der Waals surface area contributed by atoms with Gasteiger partial charge in [0.15, 0.2) is 0 Å². The fourth-order valence-corrected chi connectivity index (χ4v) is 0.931. The van der Waals surface area contributed by atoms with Gasteiger partial charge in [-0.1, -0.05) is 6.08 Å². The van der Waals surface area contributed by atoms with Crippen molar-refractivity contribution in [1.82, 2.24) is 4.90 Å². The minimum absolute atomic E-state index is 0.774. The Morgan fingerprint density at radius 2 is 2.40 bits per heavy atom. The van der Waals surface area contributed by atoms with Crippen LogP contribution in [0.5, 0.6) is 0 Å². The van der Waals surface area contributed by atoms with Crippen LogP contribution in [-0.4, -0.2) is 30.8 Å². The fraction of sp³-hybridized carbons (Fsp3) is 0.625. The zero-order chi connectivity index (χ0) is 7.40. The molecule has 1 aliphatic rings. The molecule has 0 bridgehead atoms. The van der Waals surface area contributed by atoms with Crippen molar-refractivity contribution >= 4 is 6.29 Å². The van der Waals surface area contributed by atoms with Crippen LogP contribution in [0.2, 0.25) is 0 Å². The first-order valence-electron chi connectivity index (χ1n) is 3.57. The molecule has 0 heterocycles. The zero-order valence-electron chi connectivity index (χ0n) is 6.21. The highest BCUT2D eigenvalue weighted by Crippen LogP contribution is 2.24. The molecule has 1 fully saturated rings. The average Bonchev–Trinajstić information content (AvgIpc) is 2.69. The Morgan fingerprint density at radius 1 is 1.70 bits per heavy atom. The molecule has 55 valence electrons. The summed E-state index contributed by atoms with van der Waals surface area (Å²) in [5, 5.41) is 0. The highest BCUT2D eigenvalue weighted by Gasteiger charge is 2.24. The Hall–Kier alpha value is -0.630. The highest BCUT2D eigenvalue weighted by atomic mass is 16.1. The van der Waals surface area contributed by atoms with E-state index in [0.29, 0.717) is 0 Å². The average molecular weight is 138 g/mol. The minimum Gasteiger partial charge on any atom is -0.300 e. The molecule has 2 heteroatoms. The van der Waals surface area contributed by atoms with E-state index in [1.165, 1.54) is 18.9 Å². The van der Waals surface area contributed by atoms with Crippen LogP contribution in [0.3, 0.4) is 0 Å². The van der Waals surface area contributed by atoms with Crippen LogP contribution in [0.25, 0.3) is 0 Å². The predicted molar refractivity (Wildman–Crippen MR) is 40.5 cm³/mol. The summed E-state index contributed by atoms with van der Waals surface area (Å²) < 4.78 is 0. The van der Waals surface area contributed by atoms with Gasteiger partial charge in [-0.25, -0.2) is 0 Å². The number of carbonyl (C=O) groups excluding carboxylic acids is 1. The molecular weight excluding hydrogens is 126 g/mol. The lowest BCUT2D eigenvalue weighted by molar-refractivity contribution is 0.360. The topological polar surface area (TPSA) is 20.3 Å². The standard InChI is InChI=1S/C8H12NO/c1-9(8-4-5-8)6-2-3-7-10/h2-3,8H,4-6H2,1H3/b3-2+. The van der Waals surface area contributed by atoms with Gasteiger partial charge in [-0.15, -0.1) is 0 Å². The normalized spacial score (nSPS) is 18.6. The number of allylic oxidation sites excluding steroid dienone is 1. The van der Waals surface area contributed by atoms with Gasteiger partial charge in [0.25, 0.3) is 0 Å². The molecule has 0 atom stereocenters. The number of likely N-dealkylation sites (N-methyl/N-ethyl adjacent to an activating group) is 1. The van der Waals surface area contributed by atoms with Gasteiger partial charge in [0.2, 0.25) is 6.29 Å². The Labute approximate surface area is 61.5 Å². The summed E-state index contributed by atoms with van der Waals surface area (Å²) >= 11 is 0. The molecule has 0 unspecified atom stereocenters. The molecule has 0 aromatic heterocycles. The van der Waals surface area contributed by atoms with Crippen LogP contribution >= 0.6 is 0 Å². The molecule has 0 amide bonds. The van der Waals surface area contributed by atoms with E-state index in [1.54, 1.807) is 6.29 Å². The highest BCUT2D eigenvalue weighted by molar-refractivity contribution is 5.65. The molecular formula is C8H12NO. The van der Waals surface area contributed by atoms with Crippen LogP contribution < -0.4 is 0 Å². The van der Waals surface area contributed by atoms with Crippen molar-refractivity contribution < 1.29 is 4.79 Å². The van der Waals surface area contributed by atoms with Crippen molar-refractivity contribution in [3.8, 4) is 0 Å². The lowest BCUT2D eigenvalue weighted by Gasteiger charge is -2.11. The van der Waals surface area contributed by atoms with Gasteiger partial charge in [0, 0.05) is 12.6 Å². The third kappa shape index (κ3) is 2.31. The third-order valence-electron chi connectivity index (χ3n) is 1.75. The Morgan fingerprint density at radius 3 is 2.90 bits per heavy atom. The molecule has 0 N–H and O–H groups in total. The second kappa shape index (κ2) is 3.52. The van der Waals surface area contributed by atoms with E-state index < -0.39 is 0 Å². The zero-order valence-corrected chi connectivity index (χ0v) is 6.21. The van der Waals surface area contributed by atoms with Crippen molar-refractivity contribution in [1.29, 1.82) is 0 Å². The Bertz CT molecular complexity index is 138. The summed E-state index contributed by atoms with van der Waals surface area (Å²) in [6, 6.07) is 0.774. The fourth-order valence-electron chi connectivity index (χ4n) is 0.931. The quantitative estimate of drug-likeness (QED) is 0.534. The Kier molecular flexibility index (Phi) is 2.63. The van der Waals surface area contributed by atoms with Crippen molar-refractivity contribution in [3.63, 3.8) is 0 Å². The van der Waals surface area contributed by atoms with Crippen LogP contribution in [-0.2, 0) is 4.79 Å². The molecule has 1 aliphatic carbocycles. The Balaban J connectivity index is 2.10. The minimum atomic E-state index is 0.774. The van der Waals surface area contributed by atoms with E-state index in [9.17, 15) is 4.79 Å². The van der Waals surface area contributed by atoms with Gasteiger partial charge < -0.3 is 0 Å². The molecule has 0 aromatic rings. The number of hydrogen-bond donors (Lipinski definition) is 0. The van der Waals surface area contributed by atoms with Crippen molar-refractivity contribution in [3.05, 3.63) is 12.2 Å². The van der Waals surface area contributed by atoms with Gasteiger partial charge >= 0.3 is 0 Å². The molecule has 10 heavy (non-hydrogen) atoms. The second-order valence-electron chi connectivity index (χ2n) is 2.69. The van der Waals surface area contributed by atoms with Gasteiger partial charge in [-0.05, 0) is 26.0 Å². The van der Waals surface area contributed by atoms with Crippen molar-refractivity contribution in [2.24, 2.45) is 0 Å². The number of nitrogens with zero attached hydrogens (tertiary/aromatic N) is 1. The maximum atomic E-state index is 9.74. The molecule has 0 saturated heterocycles. The maximum Gasteiger partial charge on any atom is 0.225 e. The maximum absolute atomic E-state index is 9.74. The summed E-state index contributed by atoms with van der Waals surface area (Å²) in [5.74, 6) is 0.